The first-order valence-corrected chi connectivity index (χ1v) is 6.80. The molecule has 0 amide bonds. The highest BCUT2D eigenvalue weighted by Gasteiger charge is 2.19. The van der Waals surface area contributed by atoms with Gasteiger partial charge in [-0.2, -0.15) is 0 Å². The van der Waals surface area contributed by atoms with E-state index in [0.29, 0.717) is 22.3 Å². The van der Waals surface area contributed by atoms with E-state index in [1.807, 2.05) is 36.4 Å². The van der Waals surface area contributed by atoms with Gasteiger partial charge in [-0.15, -0.1) is 0 Å². The van der Waals surface area contributed by atoms with Crippen LogP contribution >= 0.6 is 0 Å². The average molecular weight is 276 g/mol. The number of ether oxygens (including phenoxy) is 1. The summed E-state index contributed by atoms with van der Waals surface area (Å²) in [6.07, 6.45) is 12.1. The number of para-hydroxylation sites is 1. The standard InChI is InChI=1S/C18H12O3/c19-18-13-6-2-4-8-16(13)20-11-14(18)17-10-9-12-5-1-3-7-15(12)21-17/h1-4,6-11H,5H2. The molecule has 2 heterocycles. The molecule has 0 saturated heterocycles. The summed E-state index contributed by atoms with van der Waals surface area (Å²) in [6, 6.07) is 7.21. The van der Waals surface area contributed by atoms with E-state index in [4.69, 9.17) is 9.15 Å². The number of fused-ring (bicyclic) bond motifs is 2. The molecule has 21 heavy (non-hydrogen) atoms. The summed E-state index contributed by atoms with van der Waals surface area (Å²) < 4.78 is 11.4. The maximum absolute atomic E-state index is 12.6. The molecule has 0 atom stereocenters. The van der Waals surface area contributed by atoms with Gasteiger partial charge in [-0.1, -0.05) is 30.4 Å². The molecule has 0 N–H and O–H groups in total. The van der Waals surface area contributed by atoms with Crippen molar-refractivity contribution < 1.29 is 9.15 Å². The Morgan fingerprint density at radius 1 is 1.00 bits per heavy atom. The summed E-state index contributed by atoms with van der Waals surface area (Å²) in [4.78, 5) is 12.6. The van der Waals surface area contributed by atoms with E-state index in [-0.39, 0.29) is 5.43 Å². The van der Waals surface area contributed by atoms with E-state index in [2.05, 4.69) is 6.08 Å². The van der Waals surface area contributed by atoms with E-state index < -0.39 is 0 Å². The largest absolute Gasteiger partial charge is 0.463 e. The van der Waals surface area contributed by atoms with Crippen molar-refractivity contribution in [3.8, 4) is 0 Å². The minimum Gasteiger partial charge on any atom is -0.463 e. The van der Waals surface area contributed by atoms with Crippen LogP contribution < -0.4 is 5.43 Å². The van der Waals surface area contributed by atoms with Gasteiger partial charge in [-0.3, -0.25) is 4.79 Å². The van der Waals surface area contributed by atoms with Gasteiger partial charge in [0.05, 0.1) is 5.39 Å². The number of allylic oxidation sites excluding steroid dienone is 6. The summed E-state index contributed by atoms with van der Waals surface area (Å²) >= 11 is 0. The van der Waals surface area contributed by atoms with Gasteiger partial charge in [0, 0.05) is 0 Å². The number of hydrogen-bond acceptors (Lipinski definition) is 3. The van der Waals surface area contributed by atoms with Crippen molar-refractivity contribution in [2.24, 2.45) is 0 Å². The second-order valence-corrected chi connectivity index (χ2v) is 4.96. The Morgan fingerprint density at radius 3 is 2.86 bits per heavy atom. The molecule has 3 heteroatoms. The van der Waals surface area contributed by atoms with Crippen molar-refractivity contribution in [1.82, 2.24) is 0 Å². The molecular formula is C18H12O3. The Labute approximate surface area is 121 Å². The predicted octanol–water partition coefficient (Wildman–Crippen LogP) is 3.93. The Hall–Kier alpha value is -2.81. The van der Waals surface area contributed by atoms with Crippen LogP contribution in [0.5, 0.6) is 0 Å². The first-order chi connectivity index (χ1) is 10.3. The molecule has 1 aliphatic heterocycles. The van der Waals surface area contributed by atoms with Gasteiger partial charge in [-0.25, -0.2) is 0 Å². The van der Waals surface area contributed by atoms with Crippen LogP contribution in [0.3, 0.4) is 0 Å². The average Bonchev–Trinajstić information content (AvgIpc) is 2.55. The molecule has 1 aliphatic carbocycles. The van der Waals surface area contributed by atoms with Gasteiger partial charge >= 0.3 is 0 Å². The van der Waals surface area contributed by atoms with Gasteiger partial charge in [0.1, 0.15) is 28.9 Å². The molecule has 0 saturated carbocycles. The highest BCUT2D eigenvalue weighted by atomic mass is 16.5. The van der Waals surface area contributed by atoms with Crippen LogP contribution in [-0.2, 0) is 4.74 Å². The van der Waals surface area contributed by atoms with Gasteiger partial charge in [0.15, 0.2) is 0 Å². The van der Waals surface area contributed by atoms with Gasteiger partial charge in [0.25, 0.3) is 0 Å². The summed E-state index contributed by atoms with van der Waals surface area (Å²) in [7, 11) is 0. The molecule has 4 rings (SSSR count). The first kappa shape index (κ1) is 12.0. The third-order valence-corrected chi connectivity index (χ3v) is 3.64. The van der Waals surface area contributed by atoms with E-state index in [9.17, 15) is 4.79 Å². The van der Waals surface area contributed by atoms with Crippen molar-refractivity contribution in [2.45, 2.75) is 6.42 Å². The van der Waals surface area contributed by atoms with Crippen molar-refractivity contribution in [3.05, 3.63) is 88.0 Å². The second kappa shape index (κ2) is 4.63. The van der Waals surface area contributed by atoms with Crippen LogP contribution in [-0.4, -0.2) is 0 Å². The SMILES string of the molecule is O=c1c(C2=CC=C3CC=CC=C3O2)coc2ccccc12. The maximum Gasteiger partial charge on any atom is 0.203 e. The van der Waals surface area contributed by atoms with E-state index in [0.717, 1.165) is 17.8 Å². The highest BCUT2D eigenvalue weighted by molar-refractivity contribution is 5.80. The molecule has 1 aromatic heterocycles. The van der Waals surface area contributed by atoms with Crippen LogP contribution in [0, 0.1) is 0 Å². The molecule has 0 radical (unpaired) electrons. The van der Waals surface area contributed by atoms with Crippen LogP contribution in [0.15, 0.2) is 81.5 Å². The fourth-order valence-corrected chi connectivity index (χ4v) is 2.53. The zero-order chi connectivity index (χ0) is 14.2. The molecule has 0 bridgehead atoms. The van der Waals surface area contributed by atoms with E-state index in [1.54, 1.807) is 12.1 Å². The predicted molar refractivity (Wildman–Crippen MR) is 81.5 cm³/mol. The summed E-state index contributed by atoms with van der Waals surface area (Å²) in [5.74, 6) is 1.32. The lowest BCUT2D eigenvalue weighted by molar-refractivity contribution is 0.383. The van der Waals surface area contributed by atoms with Crippen LogP contribution in [0.4, 0.5) is 0 Å². The Balaban J connectivity index is 1.85. The van der Waals surface area contributed by atoms with Gasteiger partial charge < -0.3 is 9.15 Å². The highest BCUT2D eigenvalue weighted by Crippen LogP contribution is 2.31. The maximum atomic E-state index is 12.6. The van der Waals surface area contributed by atoms with Crippen LogP contribution in [0.2, 0.25) is 0 Å². The molecule has 2 aromatic rings. The van der Waals surface area contributed by atoms with Gasteiger partial charge in [-0.05, 0) is 36.3 Å². The molecule has 2 aliphatic rings. The number of hydrogen-bond donors (Lipinski definition) is 0. The minimum atomic E-state index is -0.0769. The Bertz CT molecular complexity index is 907. The quantitative estimate of drug-likeness (QED) is 0.792. The summed E-state index contributed by atoms with van der Waals surface area (Å²) in [6.45, 7) is 0. The Kier molecular flexibility index (Phi) is 2.64. The Morgan fingerprint density at radius 2 is 1.90 bits per heavy atom. The lowest BCUT2D eigenvalue weighted by Gasteiger charge is -2.20. The molecule has 102 valence electrons. The van der Waals surface area contributed by atoms with E-state index >= 15 is 0 Å². The molecule has 0 spiro atoms. The fraction of sp³-hybridized carbons (Fsp3) is 0.0556. The number of benzene rings is 1. The molecule has 0 unspecified atom stereocenters. The molecule has 3 nitrogen and oxygen atoms in total. The third-order valence-electron chi connectivity index (χ3n) is 3.64. The normalized spacial score (nSPS) is 16.7. The smallest absolute Gasteiger partial charge is 0.203 e. The zero-order valence-corrected chi connectivity index (χ0v) is 11.2. The second-order valence-electron chi connectivity index (χ2n) is 4.96. The number of rotatable bonds is 1. The van der Waals surface area contributed by atoms with Crippen molar-refractivity contribution in [1.29, 1.82) is 0 Å². The monoisotopic (exact) mass is 276 g/mol. The zero-order valence-electron chi connectivity index (χ0n) is 11.2. The topological polar surface area (TPSA) is 39.4 Å². The lowest BCUT2D eigenvalue weighted by Crippen LogP contribution is -2.12. The van der Waals surface area contributed by atoms with E-state index in [1.165, 1.54) is 6.26 Å². The minimum absolute atomic E-state index is 0.0769. The van der Waals surface area contributed by atoms with Gasteiger partial charge in [0.2, 0.25) is 5.43 Å². The lowest BCUT2D eigenvalue weighted by atomic mass is 10.0. The molecule has 1 aromatic carbocycles. The van der Waals surface area contributed by atoms with Crippen LogP contribution in [0.25, 0.3) is 16.7 Å². The fourth-order valence-electron chi connectivity index (χ4n) is 2.53. The first-order valence-electron chi connectivity index (χ1n) is 6.80. The third kappa shape index (κ3) is 1.94. The molecule has 0 fully saturated rings. The summed E-state index contributed by atoms with van der Waals surface area (Å²) in [5, 5.41) is 0.562. The summed E-state index contributed by atoms with van der Waals surface area (Å²) in [5.41, 5.74) is 2.07. The van der Waals surface area contributed by atoms with Crippen LogP contribution in [0.1, 0.15) is 12.0 Å². The van der Waals surface area contributed by atoms with Crippen molar-refractivity contribution in [2.75, 3.05) is 0 Å². The van der Waals surface area contributed by atoms with Crippen molar-refractivity contribution in [3.63, 3.8) is 0 Å². The van der Waals surface area contributed by atoms with Crippen molar-refractivity contribution >= 4 is 16.7 Å². The molecular weight excluding hydrogens is 264 g/mol.